The monoisotopic (exact) mass is 320 g/mol. The first-order valence-corrected chi connectivity index (χ1v) is 7.61. The summed E-state index contributed by atoms with van der Waals surface area (Å²) < 4.78 is 5.62. The molecule has 1 aromatic carbocycles. The van der Waals surface area contributed by atoms with Gasteiger partial charge in [0.15, 0.2) is 0 Å². The van der Waals surface area contributed by atoms with E-state index in [1.807, 2.05) is 13.0 Å². The van der Waals surface area contributed by atoms with Crippen LogP contribution >= 0.6 is 15.9 Å². The van der Waals surface area contributed by atoms with Crippen LogP contribution in [0.4, 0.5) is 0 Å². The van der Waals surface area contributed by atoms with Gasteiger partial charge in [-0.2, -0.15) is 0 Å². The van der Waals surface area contributed by atoms with Crippen LogP contribution < -0.4 is 4.74 Å². The van der Waals surface area contributed by atoms with Gasteiger partial charge < -0.3 is 4.74 Å². The molecule has 1 saturated carbocycles. The van der Waals surface area contributed by atoms with Crippen molar-refractivity contribution in [1.29, 1.82) is 0 Å². The molecule has 1 aliphatic carbocycles. The zero-order valence-corrected chi connectivity index (χ0v) is 12.6. The zero-order valence-electron chi connectivity index (χ0n) is 11.0. The highest BCUT2D eigenvalue weighted by molar-refractivity contribution is 9.08. The van der Waals surface area contributed by atoms with Crippen LogP contribution in [0.2, 0.25) is 0 Å². The molecule has 1 fully saturated rings. The van der Waals surface area contributed by atoms with E-state index in [2.05, 4.69) is 34.0 Å². The molecule has 2 unspecified atom stereocenters. The van der Waals surface area contributed by atoms with Crippen LogP contribution in [-0.4, -0.2) is 12.4 Å². The number of hydrogen-bond acceptors (Lipinski definition) is 2. The second-order valence-electron chi connectivity index (χ2n) is 4.77. The molecule has 0 amide bonds. The van der Waals surface area contributed by atoms with Gasteiger partial charge in [0.25, 0.3) is 0 Å². The van der Waals surface area contributed by atoms with Crippen LogP contribution in [0.15, 0.2) is 18.2 Å². The van der Waals surface area contributed by atoms with Gasteiger partial charge in [0.1, 0.15) is 18.1 Å². The summed E-state index contributed by atoms with van der Waals surface area (Å²) in [5.74, 6) is 4.14. The Morgan fingerprint density at radius 2 is 2.37 bits per heavy atom. The maximum Gasteiger partial charge on any atom is 0.148 e. The molecule has 0 aromatic heterocycles. The maximum atomic E-state index is 11.7. The third kappa shape index (κ3) is 3.19. The summed E-state index contributed by atoms with van der Waals surface area (Å²) in [6.07, 6.45) is 6.80. The second kappa shape index (κ2) is 6.25. The maximum absolute atomic E-state index is 11.7. The SMILES string of the molecule is C#CCOc1cc(CBr)ccc1C1CC1C(=O)CC. The predicted molar refractivity (Wildman–Crippen MR) is 79.5 cm³/mol. The molecule has 3 heteroatoms. The summed E-state index contributed by atoms with van der Waals surface area (Å²) >= 11 is 3.43. The standard InChI is InChI=1S/C16H17BrO2/c1-3-7-19-16-8-11(10-17)5-6-12(16)13-9-14(13)15(18)4-2/h1,5-6,8,13-14H,4,7,9-10H2,2H3. The summed E-state index contributed by atoms with van der Waals surface area (Å²) in [6.45, 7) is 2.18. The highest BCUT2D eigenvalue weighted by atomic mass is 79.9. The first-order valence-electron chi connectivity index (χ1n) is 6.49. The number of alkyl halides is 1. The Morgan fingerprint density at radius 3 is 3.00 bits per heavy atom. The normalized spacial score (nSPS) is 20.7. The molecule has 0 radical (unpaired) electrons. The second-order valence-corrected chi connectivity index (χ2v) is 5.33. The molecule has 2 atom stereocenters. The number of rotatable bonds is 6. The van der Waals surface area contributed by atoms with Crippen LogP contribution in [0.25, 0.3) is 0 Å². The zero-order chi connectivity index (χ0) is 13.8. The minimum Gasteiger partial charge on any atom is -0.481 e. The molecule has 0 bridgehead atoms. The van der Waals surface area contributed by atoms with E-state index in [1.54, 1.807) is 0 Å². The van der Waals surface area contributed by atoms with Crippen LogP contribution in [0, 0.1) is 18.3 Å². The van der Waals surface area contributed by atoms with Crippen molar-refractivity contribution >= 4 is 21.7 Å². The summed E-state index contributed by atoms with van der Waals surface area (Å²) in [4.78, 5) is 11.7. The van der Waals surface area contributed by atoms with E-state index in [-0.39, 0.29) is 12.5 Å². The molecule has 0 aliphatic heterocycles. The van der Waals surface area contributed by atoms with Crippen LogP contribution in [0.1, 0.15) is 36.8 Å². The third-order valence-corrected chi connectivity index (χ3v) is 4.14. The average molecular weight is 321 g/mol. The Balaban J connectivity index is 2.20. The Bertz CT molecular complexity index is 516. The van der Waals surface area contributed by atoms with Crippen molar-refractivity contribution in [1.82, 2.24) is 0 Å². The van der Waals surface area contributed by atoms with E-state index >= 15 is 0 Å². The number of hydrogen-bond donors (Lipinski definition) is 0. The van der Waals surface area contributed by atoms with Crippen molar-refractivity contribution in [3.63, 3.8) is 0 Å². The smallest absolute Gasteiger partial charge is 0.148 e. The Hall–Kier alpha value is -1.27. The van der Waals surface area contributed by atoms with Gasteiger partial charge in [-0.3, -0.25) is 4.79 Å². The predicted octanol–water partition coefficient (Wildman–Crippen LogP) is 3.68. The number of ketones is 1. The molecule has 1 aromatic rings. The largest absolute Gasteiger partial charge is 0.481 e. The van der Waals surface area contributed by atoms with E-state index in [4.69, 9.17) is 11.2 Å². The highest BCUT2D eigenvalue weighted by Gasteiger charge is 2.44. The molecule has 2 nitrogen and oxygen atoms in total. The lowest BCUT2D eigenvalue weighted by atomic mass is 10.0. The minimum absolute atomic E-state index is 0.174. The van der Waals surface area contributed by atoms with Crippen molar-refractivity contribution in [2.45, 2.75) is 31.0 Å². The minimum atomic E-state index is 0.174. The van der Waals surface area contributed by atoms with E-state index in [9.17, 15) is 4.79 Å². The highest BCUT2D eigenvalue weighted by Crippen LogP contribution is 2.51. The molecule has 19 heavy (non-hydrogen) atoms. The fourth-order valence-electron chi connectivity index (χ4n) is 2.37. The molecule has 0 spiro atoms. The van der Waals surface area contributed by atoms with Gasteiger partial charge in [0, 0.05) is 17.7 Å². The van der Waals surface area contributed by atoms with Crippen LogP contribution in [-0.2, 0) is 10.1 Å². The molecule has 0 heterocycles. The number of benzene rings is 1. The lowest BCUT2D eigenvalue weighted by molar-refractivity contribution is -0.120. The fourth-order valence-corrected chi connectivity index (χ4v) is 2.72. The summed E-state index contributed by atoms with van der Waals surface area (Å²) in [5, 5.41) is 0.779. The first kappa shape index (κ1) is 14.1. The molecule has 0 N–H and O–H groups in total. The van der Waals surface area contributed by atoms with Gasteiger partial charge in [-0.1, -0.05) is 40.9 Å². The number of halogens is 1. The van der Waals surface area contributed by atoms with Crippen molar-refractivity contribution in [3.05, 3.63) is 29.3 Å². The Labute approximate surface area is 122 Å². The van der Waals surface area contributed by atoms with E-state index < -0.39 is 0 Å². The van der Waals surface area contributed by atoms with Crippen molar-refractivity contribution in [3.8, 4) is 18.1 Å². The molecule has 0 saturated heterocycles. The van der Waals surface area contributed by atoms with Gasteiger partial charge >= 0.3 is 0 Å². The fraction of sp³-hybridized carbons (Fsp3) is 0.438. The lowest BCUT2D eigenvalue weighted by Crippen LogP contribution is -2.02. The molecule has 100 valence electrons. The topological polar surface area (TPSA) is 26.3 Å². The number of Topliss-reactive ketones (excluding diaryl/α,β-unsaturated/α-hetero) is 1. The molecular formula is C16H17BrO2. The number of carbonyl (C=O) groups excluding carboxylic acids is 1. The molecule has 1 aliphatic rings. The van der Waals surface area contributed by atoms with Gasteiger partial charge in [0.05, 0.1) is 0 Å². The molecule has 2 rings (SSSR count). The molecular weight excluding hydrogens is 304 g/mol. The Kier molecular flexibility index (Phi) is 4.66. The van der Waals surface area contributed by atoms with E-state index in [0.29, 0.717) is 18.1 Å². The van der Waals surface area contributed by atoms with Gasteiger partial charge in [0.2, 0.25) is 0 Å². The number of ether oxygens (including phenoxy) is 1. The van der Waals surface area contributed by atoms with Crippen LogP contribution in [0.5, 0.6) is 5.75 Å². The average Bonchev–Trinajstić information content (AvgIpc) is 3.24. The van der Waals surface area contributed by atoms with E-state index in [1.165, 1.54) is 0 Å². The van der Waals surface area contributed by atoms with Crippen molar-refractivity contribution in [2.24, 2.45) is 5.92 Å². The summed E-state index contributed by atoms with van der Waals surface area (Å²) in [6, 6.07) is 6.14. The Morgan fingerprint density at radius 1 is 1.58 bits per heavy atom. The van der Waals surface area contributed by atoms with Gasteiger partial charge in [-0.05, 0) is 29.5 Å². The van der Waals surface area contributed by atoms with Gasteiger partial charge in [-0.15, -0.1) is 6.42 Å². The third-order valence-electron chi connectivity index (χ3n) is 3.50. The first-order chi connectivity index (χ1) is 9.21. The summed E-state index contributed by atoms with van der Waals surface area (Å²) in [5.41, 5.74) is 2.27. The van der Waals surface area contributed by atoms with Crippen LogP contribution in [0.3, 0.4) is 0 Å². The number of carbonyl (C=O) groups is 1. The lowest BCUT2D eigenvalue weighted by Gasteiger charge is -2.11. The quantitative estimate of drug-likeness (QED) is 0.590. The van der Waals surface area contributed by atoms with Crippen molar-refractivity contribution < 1.29 is 9.53 Å². The number of terminal acetylenes is 1. The van der Waals surface area contributed by atoms with Gasteiger partial charge in [-0.25, -0.2) is 0 Å². The van der Waals surface area contributed by atoms with Crippen molar-refractivity contribution in [2.75, 3.05) is 6.61 Å². The summed E-state index contributed by atoms with van der Waals surface area (Å²) in [7, 11) is 0. The van der Waals surface area contributed by atoms with E-state index in [0.717, 1.165) is 28.6 Å².